The number of rotatable bonds is 13. The first-order valence-corrected chi connectivity index (χ1v) is 22.2. The second kappa shape index (κ2) is 18.7. The summed E-state index contributed by atoms with van der Waals surface area (Å²) in [6, 6.07) is 16.0. The lowest BCUT2D eigenvalue weighted by atomic mass is 10.0. The Labute approximate surface area is 376 Å². The number of amides is 4. The molecule has 8 rings (SSSR count). The summed E-state index contributed by atoms with van der Waals surface area (Å²) in [5, 5.41) is 14.6. The molecule has 17 nitrogen and oxygen atoms in total. The van der Waals surface area contributed by atoms with E-state index in [0.29, 0.717) is 37.6 Å². The molecular formula is C47H58FN9O8. The number of H-pyrrole nitrogens is 2. The first-order valence-electron chi connectivity index (χ1n) is 22.2. The number of methoxy groups -OCH3 is 3. The quantitative estimate of drug-likeness (QED) is 0.0821. The molecule has 3 aliphatic heterocycles. The highest BCUT2D eigenvalue weighted by Gasteiger charge is 2.44. The zero-order valence-corrected chi connectivity index (χ0v) is 37.7. The third-order valence-corrected chi connectivity index (χ3v) is 13.3. The van der Waals surface area contributed by atoms with Gasteiger partial charge < -0.3 is 54.6 Å². The van der Waals surface area contributed by atoms with E-state index in [1.54, 1.807) is 50.0 Å². The van der Waals surface area contributed by atoms with Crippen molar-refractivity contribution in [1.82, 2.24) is 40.4 Å². The second-order valence-electron chi connectivity index (χ2n) is 18.0. The first kappa shape index (κ1) is 45.3. The van der Waals surface area contributed by atoms with Gasteiger partial charge in [0.2, 0.25) is 11.8 Å². The third kappa shape index (κ3) is 9.05. The highest BCUT2D eigenvalue weighted by atomic mass is 19.1. The van der Waals surface area contributed by atoms with Crippen LogP contribution in [0.1, 0.15) is 100 Å². The summed E-state index contributed by atoms with van der Waals surface area (Å²) >= 11 is 0. The molecule has 4 amide bonds. The number of ether oxygens (including phenoxy) is 3. The van der Waals surface area contributed by atoms with Crippen LogP contribution in [-0.2, 0) is 23.8 Å². The average molecular weight is 896 g/mol. The van der Waals surface area contributed by atoms with E-state index in [1.165, 1.54) is 19.2 Å². The molecule has 0 bridgehead atoms. The number of aromatic nitrogens is 4. The van der Waals surface area contributed by atoms with Gasteiger partial charge in [0, 0.05) is 45.8 Å². The molecule has 8 atom stereocenters. The number of likely N-dealkylation sites (tertiary alicyclic amines) is 2. The summed E-state index contributed by atoms with van der Waals surface area (Å²) in [6.45, 7) is 7.99. The molecule has 65 heavy (non-hydrogen) atoms. The van der Waals surface area contributed by atoms with Crippen molar-refractivity contribution in [3.8, 4) is 0 Å². The highest BCUT2D eigenvalue weighted by Crippen LogP contribution is 2.48. The lowest BCUT2D eigenvalue weighted by Crippen LogP contribution is -2.51. The van der Waals surface area contributed by atoms with Crippen LogP contribution in [-0.4, -0.2) is 118 Å². The van der Waals surface area contributed by atoms with Crippen molar-refractivity contribution in [3.63, 3.8) is 0 Å². The predicted molar refractivity (Wildman–Crippen MR) is 239 cm³/mol. The van der Waals surface area contributed by atoms with Crippen LogP contribution >= 0.6 is 0 Å². The smallest absolute Gasteiger partial charge is 0.407 e. The largest absolute Gasteiger partial charge is 0.465 e. The Bertz CT molecular complexity index is 2550. The lowest BCUT2D eigenvalue weighted by molar-refractivity contribution is -0.136. The van der Waals surface area contributed by atoms with E-state index in [0.717, 1.165) is 51.7 Å². The normalized spacial score (nSPS) is 23.2. The SMILES string of the molecule is COC(=O)N[C@H](C(=O)N1C[C@@H](OC)C[C@H]1c1nc2ccc([C@H]3CC[C@H](c4ccc5nc([C@@H]6C[C@H](OC)CN6C(=O)[C@@H](NC(=O)O)C(C)C)[nH]c5c4)N3c3ccc(F)cc3)cc2[nH]1)C(C)C. The standard InChI is InChI=1S/C47H58FN9O8/c1-24(2)40(53-46(60)61)44(58)55-22-30(63-5)20-38(55)42-49-32-14-8-26(18-34(32)51-42)36-16-17-37(57(36)29-12-10-28(48)11-13-29)27-9-15-33-35(19-27)52-43(50-33)39-21-31(64-6)23-56(39)45(59)41(25(3)4)54-47(62)65-7/h8-15,18-19,24-25,30-31,36-41,53H,16-17,20-23H2,1-7H3,(H,49,51)(H,50,52)(H,54,62)(H,60,61)/t30-,31-,36+,37+,38-,39-,40-,41-/m0/s1. The van der Waals surface area contributed by atoms with Crippen molar-refractivity contribution in [2.24, 2.45) is 11.8 Å². The zero-order chi connectivity index (χ0) is 46.3. The van der Waals surface area contributed by atoms with Gasteiger partial charge >= 0.3 is 12.2 Å². The third-order valence-electron chi connectivity index (χ3n) is 13.3. The number of carboxylic acid groups (broad SMARTS) is 1. The fourth-order valence-electron chi connectivity index (χ4n) is 9.91. The van der Waals surface area contributed by atoms with Crippen LogP contribution in [0.25, 0.3) is 22.1 Å². The number of nitrogens with zero attached hydrogens (tertiary/aromatic N) is 5. The number of nitrogens with one attached hydrogen (secondary N) is 4. The second-order valence-corrected chi connectivity index (χ2v) is 18.0. The molecule has 346 valence electrons. The Hall–Kier alpha value is -6.27. The number of hydrogen-bond donors (Lipinski definition) is 5. The van der Waals surface area contributed by atoms with Gasteiger partial charge in [0.25, 0.3) is 0 Å². The van der Waals surface area contributed by atoms with Crippen LogP contribution < -0.4 is 15.5 Å². The van der Waals surface area contributed by atoms with Crippen LogP contribution in [0.5, 0.6) is 0 Å². The molecule has 3 fully saturated rings. The molecule has 3 saturated heterocycles. The molecule has 2 aromatic heterocycles. The number of benzene rings is 3. The molecular weight excluding hydrogens is 838 g/mol. The van der Waals surface area contributed by atoms with Crippen LogP contribution in [0, 0.1) is 17.7 Å². The molecule has 18 heteroatoms. The van der Waals surface area contributed by atoms with E-state index >= 15 is 0 Å². The molecule has 0 saturated carbocycles. The van der Waals surface area contributed by atoms with Crippen molar-refractivity contribution in [1.29, 1.82) is 0 Å². The molecule has 0 unspecified atom stereocenters. The van der Waals surface area contributed by atoms with Crippen LogP contribution in [0.2, 0.25) is 0 Å². The first-order chi connectivity index (χ1) is 31.2. The number of imidazole rings is 2. The molecule has 0 aliphatic carbocycles. The average Bonchev–Trinajstić information content (AvgIpc) is 4.14. The number of carbonyl (C=O) groups excluding carboxylic acids is 3. The van der Waals surface area contributed by atoms with Crippen molar-refractivity contribution >= 4 is 51.8 Å². The van der Waals surface area contributed by atoms with Gasteiger partial charge in [-0.1, -0.05) is 39.8 Å². The number of hydrogen-bond acceptors (Lipinski definition) is 10. The minimum Gasteiger partial charge on any atom is -0.465 e. The molecule has 3 aliphatic rings. The fraction of sp³-hybridized carbons (Fsp3) is 0.489. The maximum Gasteiger partial charge on any atom is 0.407 e. The van der Waals surface area contributed by atoms with E-state index in [2.05, 4.69) is 49.8 Å². The van der Waals surface area contributed by atoms with Gasteiger partial charge in [0.05, 0.1) is 65.6 Å². The Kier molecular flexibility index (Phi) is 13.0. The van der Waals surface area contributed by atoms with E-state index < -0.39 is 36.4 Å². The molecule has 0 spiro atoms. The van der Waals surface area contributed by atoms with E-state index in [9.17, 15) is 28.7 Å². The topological polar surface area (TPSA) is 207 Å². The molecule has 3 aromatic carbocycles. The van der Waals surface area contributed by atoms with Crippen molar-refractivity contribution in [3.05, 3.63) is 89.3 Å². The van der Waals surface area contributed by atoms with Crippen molar-refractivity contribution in [2.45, 2.75) is 102 Å². The monoisotopic (exact) mass is 895 g/mol. The highest BCUT2D eigenvalue weighted by molar-refractivity contribution is 5.87. The van der Waals surface area contributed by atoms with E-state index in [-0.39, 0.29) is 53.8 Å². The van der Waals surface area contributed by atoms with Gasteiger partial charge in [0.1, 0.15) is 29.5 Å². The van der Waals surface area contributed by atoms with Crippen molar-refractivity contribution < 1.29 is 42.9 Å². The van der Waals surface area contributed by atoms with Crippen molar-refractivity contribution in [2.75, 3.05) is 39.3 Å². The lowest BCUT2D eigenvalue weighted by Gasteiger charge is -2.33. The molecule has 5 heterocycles. The zero-order valence-electron chi connectivity index (χ0n) is 37.7. The van der Waals surface area contributed by atoms with Gasteiger partial charge in [-0.05, 0) is 84.3 Å². The maximum absolute atomic E-state index is 14.4. The summed E-state index contributed by atoms with van der Waals surface area (Å²) in [4.78, 5) is 74.4. The van der Waals surface area contributed by atoms with Gasteiger partial charge in [-0.3, -0.25) is 9.59 Å². The van der Waals surface area contributed by atoms with Gasteiger partial charge in [0.15, 0.2) is 0 Å². The number of fused-ring (bicyclic) bond motifs is 2. The van der Waals surface area contributed by atoms with Crippen LogP contribution in [0.15, 0.2) is 60.7 Å². The summed E-state index contributed by atoms with van der Waals surface area (Å²) < 4.78 is 30.6. The number of carbonyl (C=O) groups is 4. The molecule has 0 radical (unpaired) electrons. The minimum atomic E-state index is -1.26. The minimum absolute atomic E-state index is 0.0920. The fourth-order valence-corrected chi connectivity index (χ4v) is 9.91. The molecule has 5 aromatic rings. The summed E-state index contributed by atoms with van der Waals surface area (Å²) in [5.74, 6) is -0.157. The van der Waals surface area contributed by atoms with Crippen LogP contribution in [0.4, 0.5) is 19.7 Å². The maximum atomic E-state index is 14.4. The summed E-state index contributed by atoms with van der Waals surface area (Å²) in [7, 11) is 4.49. The van der Waals surface area contributed by atoms with Crippen LogP contribution in [0.3, 0.4) is 0 Å². The Morgan fingerprint density at radius 3 is 1.57 bits per heavy atom. The number of aromatic amines is 2. The number of halogens is 1. The van der Waals surface area contributed by atoms with E-state index in [1.807, 2.05) is 26.0 Å². The Morgan fingerprint density at radius 2 is 1.15 bits per heavy atom. The summed E-state index contributed by atoms with van der Waals surface area (Å²) in [6.07, 6.45) is 0.200. The number of alkyl carbamates (subject to hydrolysis) is 1. The predicted octanol–water partition coefficient (Wildman–Crippen LogP) is 6.91. The van der Waals surface area contributed by atoms with Gasteiger partial charge in [-0.25, -0.2) is 23.9 Å². The molecule has 5 N–H and O–H groups in total. The number of anilines is 1. The summed E-state index contributed by atoms with van der Waals surface area (Å²) in [5.41, 5.74) is 6.00. The Balaban J connectivity index is 1.09. The van der Waals surface area contributed by atoms with Gasteiger partial charge in [-0.2, -0.15) is 0 Å². The van der Waals surface area contributed by atoms with E-state index in [4.69, 9.17) is 24.2 Å². The van der Waals surface area contributed by atoms with Gasteiger partial charge in [-0.15, -0.1) is 0 Å². The Morgan fingerprint density at radius 1 is 0.692 bits per heavy atom.